The molecule has 0 aromatic heterocycles. The van der Waals surface area contributed by atoms with Crippen LogP contribution in [0, 0.1) is 5.82 Å². The number of benzene rings is 1. The van der Waals surface area contributed by atoms with Crippen LogP contribution in [0.5, 0.6) is 0 Å². The third-order valence-corrected chi connectivity index (χ3v) is 2.24. The highest BCUT2D eigenvalue weighted by molar-refractivity contribution is 6.30. The second-order valence-corrected chi connectivity index (χ2v) is 3.82. The van der Waals surface area contributed by atoms with E-state index in [9.17, 15) is 4.39 Å². The van der Waals surface area contributed by atoms with Crippen LogP contribution < -0.4 is 5.73 Å². The van der Waals surface area contributed by atoms with Crippen molar-refractivity contribution in [2.75, 3.05) is 0 Å². The largest absolute Gasteiger partial charge is 0.324 e. The molecule has 0 saturated heterocycles. The van der Waals surface area contributed by atoms with E-state index in [1.165, 1.54) is 6.07 Å². The molecule has 84 valence electrons. The normalized spacial score (nSPS) is 11.7. The average molecular weight is 250 g/mol. The van der Waals surface area contributed by atoms with Crippen LogP contribution in [0.25, 0.3) is 0 Å². The molecule has 0 radical (unpaired) electrons. The first-order chi connectivity index (χ1) is 6.52. The van der Waals surface area contributed by atoms with Gasteiger partial charge in [-0.2, -0.15) is 0 Å². The molecule has 0 fully saturated rings. The monoisotopic (exact) mass is 249 g/mol. The highest BCUT2D eigenvalue weighted by Crippen LogP contribution is 2.25. The summed E-state index contributed by atoms with van der Waals surface area (Å²) in [5.41, 5.74) is 7.18. The molecule has 0 unspecified atom stereocenters. The summed E-state index contributed by atoms with van der Waals surface area (Å²) in [6.07, 6.45) is 0.567. The third-order valence-electron chi connectivity index (χ3n) is 1.95. The van der Waals surface area contributed by atoms with Crippen molar-refractivity contribution in [3.05, 3.63) is 46.8 Å². The van der Waals surface area contributed by atoms with Gasteiger partial charge in [-0.1, -0.05) is 29.3 Å². The smallest absolute Gasteiger partial charge is 0.146 e. The summed E-state index contributed by atoms with van der Waals surface area (Å²) in [6.45, 7) is 5.60. The second-order valence-electron chi connectivity index (χ2n) is 3.41. The Morgan fingerprint density at radius 2 is 2.20 bits per heavy atom. The van der Waals surface area contributed by atoms with E-state index >= 15 is 0 Å². The van der Waals surface area contributed by atoms with Crippen molar-refractivity contribution in [1.82, 2.24) is 0 Å². The van der Waals surface area contributed by atoms with E-state index < -0.39 is 5.82 Å². The maximum absolute atomic E-state index is 13.5. The zero-order chi connectivity index (χ0) is 10.7. The van der Waals surface area contributed by atoms with Gasteiger partial charge in [-0.15, -0.1) is 19.0 Å². The van der Waals surface area contributed by atoms with Crippen LogP contribution in [-0.4, -0.2) is 0 Å². The van der Waals surface area contributed by atoms with E-state index in [0.717, 1.165) is 5.57 Å². The average Bonchev–Trinajstić information content (AvgIpc) is 2.08. The Hall–Kier alpha value is -0.570. The molecule has 1 rings (SSSR count). The van der Waals surface area contributed by atoms with Gasteiger partial charge in [-0.25, -0.2) is 4.39 Å². The summed E-state index contributed by atoms with van der Waals surface area (Å²) in [4.78, 5) is 0. The Balaban J connectivity index is 0.00000196. The van der Waals surface area contributed by atoms with Crippen molar-refractivity contribution in [3.63, 3.8) is 0 Å². The van der Waals surface area contributed by atoms with Gasteiger partial charge in [0.1, 0.15) is 5.82 Å². The molecular weight excluding hydrogens is 236 g/mol. The number of nitrogens with two attached hydrogens (primary N) is 1. The fourth-order valence-corrected chi connectivity index (χ4v) is 1.47. The van der Waals surface area contributed by atoms with E-state index in [1.807, 2.05) is 6.92 Å². The van der Waals surface area contributed by atoms with Gasteiger partial charge in [0, 0.05) is 11.6 Å². The standard InChI is InChI=1S/C11H13ClFN.ClH/c1-7(2)6-10(14)8-4-3-5-9(12)11(8)13;/h3-5,10H,1,6,14H2,2H3;1H/t10-;/m1./s1. The van der Waals surface area contributed by atoms with Gasteiger partial charge in [-0.05, 0) is 19.4 Å². The van der Waals surface area contributed by atoms with Crippen molar-refractivity contribution < 1.29 is 4.39 Å². The van der Waals surface area contributed by atoms with E-state index in [1.54, 1.807) is 12.1 Å². The molecule has 0 aliphatic rings. The number of hydrogen-bond acceptors (Lipinski definition) is 1. The third kappa shape index (κ3) is 3.82. The molecule has 4 heteroatoms. The van der Waals surface area contributed by atoms with Crippen molar-refractivity contribution in [2.24, 2.45) is 5.73 Å². The quantitative estimate of drug-likeness (QED) is 0.809. The van der Waals surface area contributed by atoms with Crippen LogP contribution in [0.2, 0.25) is 5.02 Å². The van der Waals surface area contributed by atoms with Crippen molar-refractivity contribution in [3.8, 4) is 0 Å². The highest BCUT2D eigenvalue weighted by Gasteiger charge is 2.13. The Labute approximate surface area is 101 Å². The van der Waals surface area contributed by atoms with Crippen LogP contribution in [0.15, 0.2) is 30.4 Å². The fraction of sp³-hybridized carbons (Fsp3) is 0.273. The van der Waals surface area contributed by atoms with Crippen molar-refractivity contribution in [1.29, 1.82) is 0 Å². The molecular formula is C11H14Cl2FN. The zero-order valence-corrected chi connectivity index (χ0v) is 10.0. The molecule has 0 spiro atoms. The Kier molecular flexibility index (Phi) is 5.88. The van der Waals surface area contributed by atoms with Crippen LogP contribution in [0.4, 0.5) is 4.39 Å². The molecule has 1 aromatic rings. The summed E-state index contributed by atoms with van der Waals surface area (Å²) >= 11 is 5.64. The summed E-state index contributed by atoms with van der Waals surface area (Å²) in [6, 6.07) is 4.48. The maximum Gasteiger partial charge on any atom is 0.146 e. The van der Waals surface area contributed by atoms with Gasteiger partial charge in [0.15, 0.2) is 0 Å². The molecule has 1 aromatic carbocycles. The Bertz CT molecular complexity index is 352. The lowest BCUT2D eigenvalue weighted by atomic mass is 10.0. The molecule has 2 N–H and O–H groups in total. The van der Waals surface area contributed by atoms with Crippen molar-refractivity contribution in [2.45, 2.75) is 19.4 Å². The lowest BCUT2D eigenvalue weighted by Gasteiger charge is -2.13. The van der Waals surface area contributed by atoms with Crippen LogP contribution in [0.3, 0.4) is 0 Å². The minimum absolute atomic E-state index is 0. The van der Waals surface area contributed by atoms with Gasteiger partial charge in [-0.3, -0.25) is 0 Å². The SMILES string of the molecule is C=C(C)C[C@@H](N)c1cccc(Cl)c1F.Cl. The lowest BCUT2D eigenvalue weighted by molar-refractivity contribution is 0.580. The molecule has 0 heterocycles. The molecule has 0 aliphatic carbocycles. The zero-order valence-electron chi connectivity index (χ0n) is 8.47. The minimum Gasteiger partial charge on any atom is -0.324 e. The second kappa shape index (κ2) is 6.11. The molecule has 0 bridgehead atoms. The van der Waals surface area contributed by atoms with Crippen LogP contribution in [-0.2, 0) is 0 Å². The van der Waals surface area contributed by atoms with Gasteiger partial charge in [0.2, 0.25) is 0 Å². The predicted molar refractivity (Wildman–Crippen MR) is 65.0 cm³/mol. The lowest BCUT2D eigenvalue weighted by Crippen LogP contribution is -2.12. The first kappa shape index (κ1) is 14.4. The number of rotatable bonds is 3. The Morgan fingerprint density at radius 3 is 2.73 bits per heavy atom. The summed E-state index contributed by atoms with van der Waals surface area (Å²) in [7, 11) is 0. The van der Waals surface area contributed by atoms with Gasteiger partial charge < -0.3 is 5.73 Å². The van der Waals surface area contributed by atoms with Gasteiger partial charge in [0.25, 0.3) is 0 Å². The van der Waals surface area contributed by atoms with Crippen molar-refractivity contribution >= 4 is 24.0 Å². The summed E-state index contributed by atoms with van der Waals surface area (Å²) in [5.74, 6) is -0.428. The highest BCUT2D eigenvalue weighted by atomic mass is 35.5. The first-order valence-corrected chi connectivity index (χ1v) is 4.74. The molecule has 1 atom stereocenters. The van der Waals surface area contributed by atoms with Crippen LogP contribution >= 0.6 is 24.0 Å². The maximum atomic E-state index is 13.5. The summed E-state index contributed by atoms with van der Waals surface area (Å²) < 4.78 is 13.5. The molecule has 0 aliphatic heterocycles. The number of halogens is 3. The molecule has 0 amide bonds. The molecule has 1 nitrogen and oxygen atoms in total. The Morgan fingerprint density at radius 1 is 1.60 bits per heavy atom. The minimum atomic E-state index is -0.428. The van der Waals surface area contributed by atoms with E-state index in [4.69, 9.17) is 17.3 Å². The molecule has 0 saturated carbocycles. The predicted octanol–water partition coefficient (Wildman–Crippen LogP) is 3.87. The van der Waals surface area contributed by atoms with E-state index in [-0.39, 0.29) is 23.5 Å². The molecule has 15 heavy (non-hydrogen) atoms. The van der Waals surface area contributed by atoms with E-state index in [2.05, 4.69) is 6.58 Å². The van der Waals surface area contributed by atoms with E-state index in [0.29, 0.717) is 12.0 Å². The topological polar surface area (TPSA) is 26.0 Å². The van der Waals surface area contributed by atoms with Gasteiger partial charge >= 0.3 is 0 Å². The van der Waals surface area contributed by atoms with Crippen LogP contribution in [0.1, 0.15) is 24.9 Å². The summed E-state index contributed by atoms with van der Waals surface area (Å²) in [5, 5.41) is 0.111. The van der Waals surface area contributed by atoms with Gasteiger partial charge in [0.05, 0.1) is 5.02 Å². The fourth-order valence-electron chi connectivity index (χ4n) is 1.29. The number of hydrogen-bond donors (Lipinski definition) is 1. The first-order valence-electron chi connectivity index (χ1n) is 4.36.